The van der Waals surface area contributed by atoms with Crippen LogP contribution < -0.4 is 4.74 Å². The number of carboxylic acids is 1. The molecule has 1 atom stereocenters. The predicted octanol–water partition coefficient (Wildman–Crippen LogP) is 3.33. The number of ether oxygens (including phenoxy) is 1. The highest BCUT2D eigenvalue weighted by Gasteiger charge is 2.06. The molecule has 0 bridgehead atoms. The van der Waals surface area contributed by atoms with Crippen LogP contribution in [-0.4, -0.2) is 16.2 Å². The molecular formula is C17H18O4. The summed E-state index contributed by atoms with van der Waals surface area (Å²) in [5.41, 5.74) is 2.97. The number of carboxylic acid groups (broad SMARTS) is 1. The number of aliphatic hydroxyl groups is 1. The summed E-state index contributed by atoms with van der Waals surface area (Å²) in [6.45, 7) is 4.02. The average molecular weight is 286 g/mol. The first kappa shape index (κ1) is 15.1. The van der Waals surface area contributed by atoms with Gasteiger partial charge < -0.3 is 14.9 Å². The van der Waals surface area contributed by atoms with E-state index in [0.717, 1.165) is 22.4 Å². The molecule has 0 radical (unpaired) electrons. The minimum absolute atomic E-state index is 0.260. The summed E-state index contributed by atoms with van der Waals surface area (Å²) in [6.07, 6.45) is -0.499. The largest absolute Gasteiger partial charge is 0.489 e. The van der Waals surface area contributed by atoms with Gasteiger partial charge in [0.1, 0.15) is 12.4 Å². The van der Waals surface area contributed by atoms with Gasteiger partial charge in [-0.3, -0.25) is 0 Å². The van der Waals surface area contributed by atoms with E-state index < -0.39 is 12.1 Å². The van der Waals surface area contributed by atoms with Gasteiger partial charge in [0.15, 0.2) is 0 Å². The van der Waals surface area contributed by atoms with Crippen LogP contribution in [0.2, 0.25) is 0 Å². The van der Waals surface area contributed by atoms with Crippen molar-refractivity contribution < 1.29 is 19.7 Å². The second kappa shape index (κ2) is 6.41. The van der Waals surface area contributed by atoms with Gasteiger partial charge in [-0.25, -0.2) is 4.79 Å². The van der Waals surface area contributed by atoms with Crippen LogP contribution in [0.25, 0.3) is 0 Å². The fraction of sp³-hybridized carbons (Fsp3) is 0.235. The Hall–Kier alpha value is -2.33. The summed E-state index contributed by atoms with van der Waals surface area (Å²) in [4.78, 5) is 10.8. The van der Waals surface area contributed by atoms with Crippen LogP contribution >= 0.6 is 0 Å². The monoisotopic (exact) mass is 286 g/mol. The average Bonchev–Trinajstić information content (AvgIpc) is 2.46. The quantitative estimate of drug-likeness (QED) is 0.884. The van der Waals surface area contributed by atoms with E-state index in [1.54, 1.807) is 31.2 Å². The highest BCUT2D eigenvalue weighted by Crippen LogP contribution is 2.23. The lowest BCUT2D eigenvalue weighted by molar-refractivity contribution is 0.0697. The molecule has 0 aliphatic heterocycles. The number of aromatic carboxylic acids is 1. The van der Waals surface area contributed by atoms with E-state index in [4.69, 9.17) is 9.84 Å². The van der Waals surface area contributed by atoms with E-state index >= 15 is 0 Å². The molecule has 0 aliphatic carbocycles. The van der Waals surface area contributed by atoms with E-state index in [9.17, 15) is 9.90 Å². The lowest BCUT2D eigenvalue weighted by Gasteiger charge is -2.12. The zero-order valence-corrected chi connectivity index (χ0v) is 12.0. The van der Waals surface area contributed by atoms with Crippen molar-refractivity contribution in [1.82, 2.24) is 0 Å². The Morgan fingerprint density at radius 3 is 2.38 bits per heavy atom. The van der Waals surface area contributed by atoms with E-state index in [1.165, 1.54) is 0 Å². The van der Waals surface area contributed by atoms with Gasteiger partial charge in [0.05, 0.1) is 11.7 Å². The fourth-order valence-electron chi connectivity index (χ4n) is 2.00. The number of hydrogen-bond donors (Lipinski definition) is 2. The van der Waals surface area contributed by atoms with Crippen LogP contribution in [-0.2, 0) is 6.61 Å². The number of aliphatic hydroxyl groups excluding tert-OH is 1. The van der Waals surface area contributed by atoms with Crippen molar-refractivity contribution in [2.45, 2.75) is 26.6 Å². The molecule has 0 aromatic heterocycles. The summed E-state index contributed by atoms with van der Waals surface area (Å²) in [7, 11) is 0. The van der Waals surface area contributed by atoms with Crippen LogP contribution in [0.1, 0.15) is 40.1 Å². The highest BCUT2D eigenvalue weighted by molar-refractivity contribution is 5.87. The van der Waals surface area contributed by atoms with Gasteiger partial charge in [-0.1, -0.05) is 18.2 Å². The molecule has 4 nitrogen and oxygen atoms in total. The molecule has 2 aromatic rings. The van der Waals surface area contributed by atoms with Crippen LogP contribution in [0.5, 0.6) is 5.75 Å². The zero-order chi connectivity index (χ0) is 15.4. The second-order valence-corrected chi connectivity index (χ2v) is 4.99. The molecule has 0 heterocycles. The Kier molecular flexibility index (Phi) is 4.60. The fourth-order valence-corrected chi connectivity index (χ4v) is 2.00. The van der Waals surface area contributed by atoms with Crippen LogP contribution in [0.4, 0.5) is 0 Å². The molecule has 0 saturated carbocycles. The van der Waals surface area contributed by atoms with Crippen molar-refractivity contribution in [2.24, 2.45) is 0 Å². The van der Waals surface area contributed by atoms with E-state index in [1.807, 2.05) is 25.1 Å². The van der Waals surface area contributed by atoms with E-state index in [0.29, 0.717) is 6.61 Å². The van der Waals surface area contributed by atoms with Crippen molar-refractivity contribution in [1.29, 1.82) is 0 Å². The molecule has 0 unspecified atom stereocenters. The van der Waals surface area contributed by atoms with E-state index in [2.05, 4.69) is 0 Å². The lowest BCUT2D eigenvalue weighted by atomic mass is 10.1. The van der Waals surface area contributed by atoms with Crippen LogP contribution in [0.15, 0.2) is 42.5 Å². The minimum atomic E-state index is -0.938. The topological polar surface area (TPSA) is 66.8 Å². The molecule has 21 heavy (non-hydrogen) atoms. The summed E-state index contributed by atoms with van der Waals surface area (Å²) < 4.78 is 5.73. The van der Waals surface area contributed by atoms with Crippen molar-refractivity contribution in [3.8, 4) is 5.75 Å². The molecule has 4 heteroatoms. The molecule has 0 spiro atoms. The summed E-state index contributed by atoms with van der Waals surface area (Å²) in [6, 6.07) is 12.2. The smallest absolute Gasteiger partial charge is 0.335 e. The van der Waals surface area contributed by atoms with Gasteiger partial charge in [0.2, 0.25) is 0 Å². The lowest BCUT2D eigenvalue weighted by Crippen LogP contribution is -2.00. The molecule has 2 N–H and O–H groups in total. The third-order valence-corrected chi connectivity index (χ3v) is 3.28. The normalized spacial score (nSPS) is 12.0. The first-order valence-electron chi connectivity index (χ1n) is 6.71. The van der Waals surface area contributed by atoms with Crippen molar-refractivity contribution in [3.63, 3.8) is 0 Å². The predicted molar refractivity (Wildman–Crippen MR) is 79.5 cm³/mol. The summed E-state index contributed by atoms with van der Waals surface area (Å²) in [5, 5.41) is 18.4. The molecule has 2 aromatic carbocycles. The maximum Gasteiger partial charge on any atom is 0.335 e. The molecule has 0 amide bonds. The van der Waals surface area contributed by atoms with Crippen molar-refractivity contribution in [3.05, 3.63) is 64.7 Å². The number of carbonyl (C=O) groups is 1. The molecule has 110 valence electrons. The van der Waals surface area contributed by atoms with Crippen molar-refractivity contribution in [2.75, 3.05) is 0 Å². The van der Waals surface area contributed by atoms with Gasteiger partial charge in [0, 0.05) is 0 Å². The summed E-state index contributed by atoms with van der Waals surface area (Å²) >= 11 is 0. The molecule has 0 aliphatic rings. The molecule has 0 fully saturated rings. The molecular weight excluding hydrogens is 268 g/mol. The number of benzene rings is 2. The third kappa shape index (κ3) is 3.83. The van der Waals surface area contributed by atoms with Gasteiger partial charge in [-0.05, 0) is 54.8 Å². The SMILES string of the molecule is Cc1cc([C@@H](C)O)ccc1OCc1ccc(C(=O)O)cc1. The Balaban J connectivity index is 2.04. The Labute approximate surface area is 123 Å². The maximum absolute atomic E-state index is 10.8. The third-order valence-electron chi connectivity index (χ3n) is 3.28. The van der Waals surface area contributed by atoms with Gasteiger partial charge in [0.25, 0.3) is 0 Å². The Bertz CT molecular complexity index is 630. The van der Waals surface area contributed by atoms with Crippen molar-refractivity contribution >= 4 is 5.97 Å². The van der Waals surface area contributed by atoms with Gasteiger partial charge in [-0.2, -0.15) is 0 Å². The maximum atomic E-state index is 10.8. The molecule has 2 rings (SSSR count). The van der Waals surface area contributed by atoms with Crippen LogP contribution in [0, 0.1) is 6.92 Å². The first-order valence-corrected chi connectivity index (χ1v) is 6.71. The van der Waals surface area contributed by atoms with Crippen LogP contribution in [0.3, 0.4) is 0 Å². The first-order chi connectivity index (χ1) is 9.97. The van der Waals surface area contributed by atoms with Gasteiger partial charge in [-0.15, -0.1) is 0 Å². The standard InChI is InChI=1S/C17H18O4/c1-11-9-15(12(2)18)7-8-16(11)21-10-13-3-5-14(6-4-13)17(19)20/h3-9,12,18H,10H2,1-2H3,(H,19,20)/t12-/m1/s1. The Morgan fingerprint density at radius 1 is 1.19 bits per heavy atom. The second-order valence-electron chi connectivity index (χ2n) is 4.99. The molecule has 0 saturated heterocycles. The van der Waals surface area contributed by atoms with Gasteiger partial charge >= 0.3 is 5.97 Å². The van der Waals surface area contributed by atoms with E-state index in [-0.39, 0.29) is 5.56 Å². The highest BCUT2D eigenvalue weighted by atomic mass is 16.5. The minimum Gasteiger partial charge on any atom is -0.489 e. The number of hydrogen-bond acceptors (Lipinski definition) is 3. The number of aryl methyl sites for hydroxylation is 1. The summed E-state index contributed by atoms with van der Waals surface area (Å²) in [5.74, 6) is -0.186. The number of rotatable bonds is 5. The zero-order valence-electron chi connectivity index (χ0n) is 12.0. The Morgan fingerprint density at radius 2 is 1.86 bits per heavy atom.